The number of halogens is 1. The van der Waals surface area contributed by atoms with Crippen molar-refractivity contribution in [1.82, 2.24) is 9.62 Å². The highest BCUT2D eigenvalue weighted by atomic mass is 35.5. The van der Waals surface area contributed by atoms with E-state index in [1.165, 1.54) is 11.1 Å². The molecule has 2 bridgehead atoms. The second kappa shape index (κ2) is 14.5. The van der Waals surface area contributed by atoms with E-state index in [4.69, 9.17) is 21.1 Å². The van der Waals surface area contributed by atoms with Crippen molar-refractivity contribution in [2.24, 2.45) is 17.8 Å². The number of aryl methyl sites for hydroxylation is 1. The van der Waals surface area contributed by atoms with E-state index in [1.807, 2.05) is 30.0 Å². The molecule has 3 heterocycles. The standard InChI is InChI=1S/C39H50ClN3O6S.H2/c1-26-7-5-9-35(48-20-19-42-18-4-3-10-37(42)44)32-14-11-30(32)23-43-24-39(17-6-8-28-21-31(40)13-15-33(28)39)25-49-36-16-12-29(22-34(36)43)38(45)41-50(46,47)27(26)2;/h5,9,12-13,15-16,21-22,26-27,30,32,35H,3-4,6-8,10-11,14,17-20,23-25H2,1-2H3,(H,41,45);1H/b9-5+;/t26-,27+,30-,32+,35-,39-;/m0./s1. The van der Waals surface area contributed by atoms with E-state index in [1.54, 1.807) is 13.0 Å². The summed E-state index contributed by atoms with van der Waals surface area (Å²) in [5.41, 5.74) is 3.35. The van der Waals surface area contributed by atoms with Gasteiger partial charge in [0.25, 0.3) is 5.91 Å². The fourth-order valence-electron chi connectivity index (χ4n) is 8.72. The minimum atomic E-state index is -3.95. The number of carbonyl (C=O) groups excluding carboxylic acids is 2. The average Bonchev–Trinajstić information content (AvgIpc) is 3.23. The minimum absolute atomic E-state index is 0. The van der Waals surface area contributed by atoms with Gasteiger partial charge in [-0.25, -0.2) is 13.1 Å². The summed E-state index contributed by atoms with van der Waals surface area (Å²) in [6.45, 7) is 7.33. The zero-order valence-electron chi connectivity index (χ0n) is 29.2. The first-order chi connectivity index (χ1) is 24.0. The molecular weight excluding hydrogens is 674 g/mol. The van der Waals surface area contributed by atoms with Gasteiger partial charge in [-0.1, -0.05) is 36.7 Å². The van der Waals surface area contributed by atoms with Crippen LogP contribution in [0, 0.1) is 17.8 Å². The zero-order chi connectivity index (χ0) is 35.0. The summed E-state index contributed by atoms with van der Waals surface area (Å²) in [7, 11) is -3.95. The van der Waals surface area contributed by atoms with E-state index < -0.39 is 21.2 Å². The van der Waals surface area contributed by atoms with Crippen molar-refractivity contribution in [3.8, 4) is 5.75 Å². The lowest BCUT2D eigenvalue weighted by Crippen LogP contribution is -2.50. The predicted molar refractivity (Wildman–Crippen MR) is 197 cm³/mol. The number of nitrogens with one attached hydrogen (secondary N) is 1. The molecule has 9 nitrogen and oxygen atoms in total. The van der Waals surface area contributed by atoms with Crippen LogP contribution in [0.3, 0.4) is 0 Å². The van der Waals surface area contributed by atoms with Gasteiger partial charge in [0.15, 0.2) is 0 Å². The summed E-state index contributed by atoms with van der Waals surface area (Å²) in [4.78, 5) is 30.3. The first-order valence-corrected chi connectivity index (χ1v) is 20.4. The Kier molecular flexibility index (Phi) is 10.2. The van der Waals surface area contributed by atoms with Gasteiger partial charge in [0.2, 0.25) is 15.9 Å². The van der Waals surface area contributed by atoms with E-state index in [-0.39, 0.29) is 36.3 Å². The van der Waals surface area contributed by atoms with Crippen molar-refractivity contribution in [2.45, 2.75) is 88.4 Å². The Morgan fingerprint density at radius 3 is 2.74 bits per heavy atom. The molecule has 1 N–H and O–H groups in total. The second-order valence-corrected chi connectivity index (χ2v) is 17.8. The largest absolute Gasteiger partial charge is 0.490 e. The van der Waals surface area contributed by atoms with Crippen LogP contribution in [0.15, 0.2) is 48.6 Å². The molecule has 1 saturated carbocycles. The molecule has 2 aromatic rings. The van der Waals surface area contributed by atoms with Gasteiger partial charge < -0.3 is 19.3 Å². The number of ether oxygens (including phenoxy) is 2. The Morgan fingerprint density at radius 1 is 1.08 bits per heavy atom. The van der Waals surface area contributed by atoms with Crippen LogP contribution in [0.25, 0.3) is 0 Å². The van der Waals surface area contributed by atoms with Crippen molar-refractivity contribution in [3.63, 3.8) is 0 Å². The molecule has 50 heavy (non-hydrogen) atoms. The highest BCUT2D eigenvalue weighted by Crippen LogP contribution is 2.47. The van der Waals surface area contributed by atoms with Crippen LogP contribution < -0.4 is 14.4 Å². The van der Waals surface area contributed by atoms with Gasteiger partial charge >= 0.3 is 0 Å². The molecule has 1 spiro atoms. The first kappa shape index (κ1) is 35.3. The van der Waals surface area contributed by atoms with Crippen LogP contribution in [0.2, 0.25) is 5.02 Å². The van der Waals surface area contributed by atoms with Crippen LogP contribution in [-0.2, 0) is 31.4 Å². The molecule has 11 heteroatoms. The Hall–Kier alpha value is -3.08. The Morgan fingerprint density at radius 2 is 1.94 bits per heavy atom. The molecule has 5 aliphatic rings. The topological polar surface area (TPSA) is 105 Å². The molecular formula is C39H52ClN3O6S. The molecule has 2 aromatic carbocycles. The number of sulfonamides is 1. The number of amides is 2. The quantitative estimate of drug-likeness (QED) is 0.358. The van der Waals surface area contributed by atoms with Gasteiger partial charge in [-0.3, -0.25) is 9.59 Å². The Bertz CT molecular complexity index is 1760. The number of anilines is 1. The molecule has 2 fully saturated rings. The average molecular weight is 726 g/mol. The number of hydrogen-bond donors (Lipinski definition) is 1. The normalized spacial score (nSPS) is 31.8. The summed E-state index contributed by atoms with van der Waals surface area (Å²) in [6.07, 6.45) is 12.2. The van der Waals surface area contributed by atoms with Gasteiger partial charge in [0.1, 0.15) is 5.75 Å². The van der Waals surface area contributed by atoms with Crippen molar-refractivity contribution >= 4 is 39.1 Å². The van der Waals surface area contributed by atoms with E-state index in [0.29, 0.717) is 50.8 Å². The lowest BCUT2D eigenvalue weighted by atomic mass is 9.68. The SMILES string of the molecule is C[C@@H]1[C@@H](C)C/C=C/[C@H](OCCN2CCCCC2=O)[C@@H]2CC[C@H]2CN2C[C@@]3(CCCc4cc(Cl)ccc43)COc3ccc(cc32)C(=O)NS1(=O)=O.[HH]. The molecule has 0 unspecified atom stereocenters. The van der Waals surface area contributed by atoms with Gasteiger partial charge in [-0.15, -0.1) is 0 Å². The third kappa shape index (κ3) is 7.17. The minimum Gasteiger partial charge on any atom is -0.490 e. The van der Waals surface area contributed by atoms with Crippen LogP contribution in [0.5, 0.6) is 5.75 Å². The lowest BCUT2D eigenvalue weighted by molar-refractivity contribution is -0.134. The summed E-state index contributed by atoms with van der Waals surface area (Å²) >= 11 is 6.46. The molecule has 272 valence electrons. The van der Waals surface area contributed by atoms with Gasteiger partial charge in [-0.05, 0) is 118 Å². The smallest absolute Gasteiger partial charge is 0.264 e. The van der Waals surface area contributed by atoms with Crippen molar-refractivity contribution in [1.29, 1.82) is 0 Å². The molecule has 2 aliphatic carbocycles. The number of piperidine rings is 1. The number of benzene rings is 2. The number of nitrogens with zero attached hydrogens (tertiary/aromatic N) is 2. The molecule has 7 rings (SSSR count). The van der Waals surface area contributed by atoms with Crippen molar-refractivity contribution in [3.05, 3.63) is 70.3 Å². The molecule has 0 aromatic heterocycles. The van der Waals surface area contributed by atoms with Crippen LogP contribution in [-0.4, -0.2) is 75.9 Å². The van der Waals surface area contributed by atoms with E-state index in [0.717, 1.165) is 68.7 Å². The summed E-state index contributed by atoms with van der Waals surface area (Å²) < 4.78 is 42.5. The fraction of sp³-hybridized carbons (Fsp3) is 0.590. The summed E-state index contributed by atoms with van der Waals surface area (Å²) in [5, 5.41) is -0.0515. The maximum atomic E-state index is 13.5. The summed E-state index contributed by atoms with van der Waals surface area (Å²) in [5.74, 6) is 0.634. The third-order valence-electron chi connectivity index (χ3n) is 12.1. The van der Waals surface area contributed by atoms with Gasteiger partial charge in [-0.2, -0.15) is 0 Å². The monoisotopic (exact) mass is 725 g/mol. The third-order valence-corrected chi connectivity index (χ3v) is 14.3. The Balaban J connectivity index is 0.00000448. The first-order valence-electron chi connectivity index (χ1n) is 18.5. The van der Waals surface area contributed by atoms with E-state index in [2.05, 4.69) is 33.9 Å². The second-order valence-electron chi connectivity index (χ2n) is 15.3. The summed E-state index contributed by atoms with van der Waals surface area (Å²) in [6, 6.07) is 11.5. The number of rotatable bonds is 4. The van der Waals surface area contributed by atoms with Crippen LogP contribution in [0.1, 0.15) is 88.1 Å². The van der Waals surface area contributed by atoms with Crippen molar-refractivity contribution in [2.75, 3.05) is 44.3 Å². The van der Waals surface area contributed by atoms with Gasteiger partial charge in [0.05, 0.1) is 30.3 Å². The number of hydrogen-bond acceptors (Lipinski definition) is 7. The predicted octanol–water partition coefficient (Wildman–Crippen LogP) is 6.53. The molecule has 3 aliphatic heterocycles. The highest BCUT2D eigenvalue weighted by molar-refractivity contribution is 7.90. The van der Waals surface area contributed by atoms with Crippen molar-refractivity contribution < 1.29 is 28.9 Å². The van der Waals surface area contributed by atoms with E-state index >= 15 is 0 Å². The molecule has 1 saturated heterocycles. The molecule has 6 atom stereocenters. The number of allylic oxidation sites excluding steroid dienone is 1. The van der Waals surface area contributed by atoms with Gasteiger partial charge in [0, 0.05) is 50.0 Å². The Labute approximate surface area is 303 Å². The van der Waals surface area contributed by atoms with E-state index in [9.17, 15) is 18.0 Å². The number of likely N-dealkylation sites (tertiary alicyclic amines) is 1. The zero-order valence-corrected chi connectivity index (χ0v) is 30.8. The fourth-order valence-corrected chi connectivity index (χ4v) is 10.2. The maximum absolute atomic E-state index is 13.5. The molecule has 2 amide bonds. The lowest BCUT2D eigenvalue weighted by Gasteiger charge is -2.46. The maximum Gasteiger partial charge on any atom is 0.264 e. The highest BCUT2D eigenvalue weighted by Gasteiger charge is 2.44. The van der Waals surface area contributed by atoms with Crippen LogP contribution >= 0.6 is 11.6 Å². The number of carbonyl (C=O) groups is 2. The van der Waals surface area contributed by atoms with Crippen LogP contribution in [0.4, 0.5) is 5.69 Å². The number of fused-ring (bicyclic) bond motifs is 4. The molecule has 0 radical (unpaired) electrons.